The van der Waals surface area contributed by atoms with Crippen molar-refractivity contribution in [1.82, 2.24) is 9.80 Å². The zero-order valence-corrected chi connectivity index (χ0v) is 16.5. The lowest BCUT2D eigenvalue weighted by Gasteiger charge is -2.34. The predicted molar refractivity (Wildman–Crippen MR) is 109 cm³/mol. The molecular weight excluding hydrogens is 354 g/mol. The van der Waals surface area contributed by atoms with E-state index in [4.69, 9.17) is 4.74 Å². The molecule has 148 valence electrons. The maximum atomic E-state index is 12.6. The number of rotatable bonds is 5. The summed E-state index contributed by atoms with van der Waals surface area (Å²) in [5, 5.41) is 2.86. The summed E-state index contributed by atoms with van der Waals surface area (Å²) in [5.74, 6) is -0.429. The van der Waals surface area contributed by atoms with Gasteiger partial charge in [-0.3, -0.25) is 4.90 Å². The summed E-state index contributed by atoms with van der Waals surface area (Å²) in [6.07, 6.45) is 0. The molecule has 28 heavy (non-hydrogen) atoms. The molecule has 1 saturated heterocycles. The Balaban J connectivity index is 1.54. The summed E-state index contributed by atoms with van der Waals surface area (Å²) in [7, 11) is 0. The molecule has 0 unspecified atom stereocenters. The van der Waals surface area contributed by atoms with Crippen molar-refractivity contribution < 1.29 is 14.3 Å². The zero-order valence-electron chi connectivity index (χ0n) is 16.5. The molecule has 2 aromatic rings. The number of aryl methyl sites for hydroxylation is 1. The van der Waals surface area contributed by atoms with Gasteiger partial charge in [-0.25, -0.2) is 9.59 Å². The van der Waals surface area contributed by atoms with Gasteiger partial charge < -0.3 is 15.0 Å². The molecule has 6 heteroatoms. The lowest BCUT2D eigenvalue weighted by molar-refractivity contribution is 0.0527. The van der Waals surface area contributed by atoms with Crippen molar-refractivity contribution in [2.45, 2.75) is 20.4 Å². The minimum Gasteiger partial charge on any atom is -0.462 e. The smallest absolute Gasteiger partial charge is 0.340 e. The number of piperazine rings is 1. The SMILES string of the molecule is CCOC(=O)c1ccccc1NC(=O)N1CCN(Cc2ccc(C)cc2)CC1. The largest absolute Gasteiger partial charge is 0.462 e. The standard InChI is InChI=1S/C22H27N3O3/c1-3-28-21(26)19-6-4-5-7-20(19)23-22(27)25-14-12-24(13-15-25)16-18-10-8-17(2)9-11-18/h4-11H,3,12-16H2,1-2H3,(H,23,27). The Kier molecular flexibility index (Phi) is 6.66. The molecule has 0 radical (unpaired) electrons. The van der Waals surface area contributed by atoms with Gasteiger partial charge in [-0.05, 0) is 31.5 Å². The Bertz CT molecular complexity index is 812. The van der Waals surface area contributed by atoms with Crippen LogP contribution in [0.15, 0.2) is 48.5 Å². The first-order chi connectivity index (χ1) is 13.6. The normalized spacial score (nSPS) is 14.6. The van der Waals surface area contributed by atoms with Crippen LogP contribution in [-0.4, -0.2) is 54.6 Å². The quantitative estimate of drug-likeness (QED) is 0.805. The first-order valence-corrected chi connectivity index (χ1v) is 9.67. The fraction of sp³-hybridized carbons (Fsp3) is 0.364. The van der Waals surface area contributed by atoms with Crippen molar-refractivity contribution in [3.63, 3.8) is 0 Å². The second-order valence-corrected chi connectivity index (χ2v) is 6.95. The van der Waals surface area contributed by atoms with Crippen LogP contribution in [-0.2, 0) is 11.3 Å². The molecule has 0 aromatic heterocycles. The van der Waals surface area contributed by atoms with Gasteiger partial charge in [0.2, 0.25) is 0 Å². The second-order valence-electron chi connectivity index (χ2n) is 6.95. The van der Waals surface area contributed by atoms with E-state index in [0.717, 1.165) is 19.6 Å². The molecule has 0 saturated carbocycles. The van der Waals surface area contributed by atoms with Crippen molar-refractivity contribution in [2.24, 2.45) is 0 Å². The van der Waals surface area contributed by atoms with Crippen LogP contribution in [0, 0.1) is 6.92 Å². The topological polar surface area (TPSA) is 61.9 Å². The average molecular weight is 381 g/mol. The lowest BCUT2D eigenvalue weighted by Crippen LogP contribution is -2.49. The average Bonchev–Trinajstić information content (AvgIpc) is 2.71. The number of benzene rings is 2. The Morgan fingerprint density at radius 2 is 1.68 bits per heavy atom. The number of esters is 1. The van der Waals surface area contributed by atoms with Crippen molar-refractivity contribution in [3.05, 3.63) is 65.2 Å². The van der Waals surface area contributed by atoms with Crippen molar-refractivity contribution in [1.29, 1.82) is 0 Å². The number of nitrogens with zero attached hydrogens (tertiary/aromatic N) is 2. The number of hydrogen-bond donors (Lipinski definition) is 1. The minimum absolute atomic E-state index is 0.188. The molecule has 1 aliphatic rings. The molecule has 6 nitrogen and oxygen atoms in total. The highest BCUT2D eigenvalue weighted by molar-refractivity contribution is 6.00. The molecule has 0 atom stereocenters. The Labute approximate surface area is 166 Å². The molecule has 1 heterocycles. The third-order valence-electron chi connectivity index (χ3n) is 4.85. The van der Waals surface area contributed by atoms with E-state index in [1.807, 2.05) is 0 Å². The molecule has 3 rings (SSSR count). The first-order valence-electron chi connectivity index (χ1n) is 9.67. The van der Waals surface area contributed by atoms with E-state index in [0.29, 0.717) is 30.9 Å². The first kappa shape index (κ1) is 19.9. The van der Waals surface area contributed by atoms with Gasteiger partial charge >= 0.3 is 12.0 Å². The second kappa shape index (κ2) is 9.37. The van der Waals surface area contributed by atoms with Gasteiger partial charge in [-0.15, -0.1) is 0 Å². The number of hydrogen-bond acceptors (Lipinski definition) is 4. The maximum absolute atomic E-state index is 12.6. The van der Waals surface area contributed by atoms with Crippen molar-refractivity contribution in [3.8, 4) is 0 Å². The van der Waals surface area contributed by atoms with Gasteiger partial charge in [-0.2, -0.15) is 0 Å². The highest BCUT2D eigenvalue weighted by Gasteiger charge is 2.22. The summed E-state index contributed by atoms with van der Waals surface area (Å²) in [5.41, 5.74) is 3.39. The van der Waals surface area contributed by atoms with Gasteiger partial charge in [0.05, 0.1) is 17.9 Å². The Morgan fingerprint density at radius 1 is 1.00 bits per heavy atom. The third-order valence-corrected chi connectivity index (χ3v) is 4.85. The fourth-order valence-corrected chi connectivity index (χ4v) is 3.23. The summed E-state index contributed by atoms with van der Waals surface area (Å²) in [6.45, 7) is 7.97. The molecule has 0 bridgehead atoms. The van der Waals surface area contributed by atoms with E-state index in [9.17, 15) is 9.59 Å². The third kappa shape index (κ3) is 5.10. The van der Waals surface area contributed by atoms with Crippen molar-refractivity contribution in [2.75, 3.05) is 38.1 Å². The van der Waals surface area contributed by atoms with Crippen LogP contribution < -0.4 is 5.32 Å². The van der Waals surface area contributed by atoms with E-state index in [1.54, 1.807) is 36.1 Å². The Morgan fingerprint density at radius 3 is 2.36 bits per heavy atom. The number of amides is 2. The van der Waals surface area contributed by atoms with Gasteiger partial charge in [-0.1, -0.05) is 42.0 Å². The number of anilines is 1. The molecule has 1 aliphatic heterocycles. The van der Waals surface area contributed by atoms with E-state index in [-0.39, 0.29) is 6.03 Å². The Hall–Kier alpha value is -2.86. The number of carbonyl (C=O) groups excluding carboxylic acids is 2. The fourth-order valence-electron chi connectivity index (χ4n) is 3.23. The molecular formula is C22H27N3O3. The van der Waals surface area contributed by atoms with Crippen LogP contribution in [0.4, 0.5) is 10.5 Å². The molecule has 1 N–H and O–H groups in total. The van der Waals surface area contributed by atoms with Crippen LogP contribution in [0.25, 0.3) is 0 Å². The number of urea groups is 1. The predicted octanol–water partition coefficient (Wildman–Crippen LogP) is 3.52. The zero-order chi connectivity index (χ0) is 19.9. The van der Waals surface area contributed by atoms with Gasteiger partial charge in [0.15, 0.2) is 0 Å². The van der Waals surface area contributed by atoms with Crippen LogP contribution in [0.2, 0.25) is 0 Å². The maximum Gasteiger partial charge on any atom is 0.340 e. The van der Waals surface area contributed by atoms with Gasteiger partial charge in [0, 0.05) is 32.7 Å². The molecule has 2 aromatic carbocycles. The van der Waals surface area contributed by atoms with E-state index in [1.165, 1.54) is 11.1 Å². The summed E-state index contributed by atoms with van der Waals surface area (Å²) < 4.78 is 5.06. The number of nitrogens with one attached hydrogen (secondary N) is 1. The molecule has 2 amide bonds. The van der Waals surface area contributed by atoms with Crippen LogP contribution in [0.5, 0.6) is 0 Å². The monoisotopic (exact) mass is 381 g/mol. The minimum atomic E-state index is -0.429. The highest BCUT2D eigenvalue weighted by atomic mass is 16.5. The van der Waals surface area contributed by atoms with Gasteiger partial charge in [0.25, 0.3) is 0 Å². The number of ether oxygens (including phenoxy) is 1. The van der Waals surface area contributed by atoms with E-state index in [2.05, 4.69) is 41.4 Å². The number of para-hydroxylation sites is 1. The summed E-state index contributed by atoms with van der Waals surface area (Å²) >= 11 is 0. The van der Waals surface area contributed by atoms with Gasteiger partial charge in [0.1, 0.15) is 0 Å². The molecule has 0 aliphatic carbocycles. The van der Waals surface area contributed by atoms with Crippen LogP contribution in [0.3, 0.4) is 0 Å². The van der Waals surface area contributed by atoms with E-state index >= 15 is 0 Å². The summed E-state index contributed by atoms with van der Waals surface area (Å²) in [6, 6.07) is 15.3. The molecule has 1 fully saturated rings. The number of carbonyl (C=O) groups is 2. The molecule has 0 spiro atoms. The summed E-state index contributed by atoms with van der Waals surface area (Å²) in [4.78, 5) is 28.8. The van der Waals surface area contributed by atoms with Crippen LogP contribution >= 0.6 is 0 Å². The lowest BCUT2D eigenvalue weighted by atomic mass is 10.1. The van der Waals surface area contributed by atoms with Crippen LogP contribution in [0.1, 0.15) is 28.4 Å². The van der Waals surface area contributed by atoms with E-state index < -0.39 is 5.97 Å². The highest BCUT2D eigenvalue weighted by Crippen LogP contribution is 2.18. The van der Waals surface area contributed by atoms with Crippen molar-refractivity contribution >= 4 is 17.7 Å².